The third kappa shape index (κ3) is 3.38. The maximum atomic E-state index is 12.6. The molecule has 1 aliphatic rings. The molecule has 0 bridgehead atoms. The topological polar surface area (TPSA) is 25.2 Å². The molecule has 1 aliphatic heterocycles. The van der Waals surface area contributed by atoms with Crippen molar-refractivity contribution in [1.29, 1.82) is 0 Å². The minimum Gasteiger partial charge on any atom is -0.340 e. The molecule has 1 fully saturated rings. The van der Waals surface area contributed by atoms with Crippen LogP contribution in [-0.2, 0) is 11.3 Å². The van der Waals surface area contributed by atoms with Gasteiger partial charge >= 0.3 is 6.18 Å². The Morgan fingerprint density at radius 3 is 2.50 bits per heavy atom. The van der Waals surface area contributed by atoms with Gasteiger partial charge in [-0.2, -0.15) is 13.2 Å². The van der Waals surface area contributed by atoms with E-state index >= 15 is 0 Å². The van der Waals surface area contributed by atoms with Gasteiger partial charge in [-0.25, -0.2) is 0 Å². The number of amides is 1. The molecular weight excluding hydrogens is 333 g/mol. The van der Waals surface area contributed by atoms with Gasteiger partial charge in [0.05, 0.1) is 4.91 Å². The standard InChI is InChI=1S/C14H15F3N2OS2/c1-4-18-12(20)11(22-13(18)21)6-10-5-8(2)19(9(10)3)7-14(15,16)17/h5-6H,4,7H2,1-3H3/b11-6-. The van der Waals surface area contributed by atoms with E-state index in [1.807, 2.05) is 6.92 Å². The first kappa shape index (κ1) is 17.1. The third-order valence-corrected chi connectivity index (χ3v) is 4.80. The van der Waals surface area contributed by atoms with Gasteiger partial charge in [0.25, 0.3) is 5.91 Å². The van der Waals surface area contributed by atoms with Gasteiger partial charge in [0.15, 0.2) is 0 Å². The van der Waals surface area contributed by atoms with Gasteiger partial charge in [-0.1, -0.05) is 24.0 Å². The molecule has 0 saturated carbocycles. The summed E-state index contributed by atoms with van der Waals surface area (Å²) in [6, 6.07) is 1.65. The number of thiocarbonyl (C=S) groups is 1. The zero-order chi connectivity index (χ0) is 16.7. The van der Waals surface area contributed by atoms with Crippen molar-refractivity contribution in [3.05, 3.63) is 27.9 Å². The van der Waals surface area contributed by atoms with Gasteiger partial charge in [0.2, 0.25) is 0 Å². The first-order valence-corrected chi connectivity index (χ1v) is 7.85. The summed E-state index contributed by atoms with van der Waals surface area (Å²) < 4.78 is 39.5. The lowest BCUT2D eigenvalue weighted by Gasteiger charge is -2.12. The Bertz CT molecular complexity index is 662. The number of hydrogen-bond donors (Lipinski definition) is 0. The van der Waals surface area contributed by atoms with Gasteiger partial charge in [-0.3, -0.25) is 9.69 Å². The van der Waals surface area contributed by atoms with E-state index < -0.39 is 12.7 Å². The Morgan fingerprint density at radius 1 is 1.36 bits per heavy atom. The van der Waals surface area contributed by atoms with Gasteiger partial charge in [0.1, 0.15) is 10.9 Å². The maximum absolute atomic E-state index is 12.6. The molecule has 1 amide bonds. The molecule has 0 spiro atoms. The summed E-state index contributed by atoms with van der Waals surface area (Å²) in [5, 5.41) is 0. The van der Waals surface area contributed by atoms with E-state index in [0.29, 0.717) is 32.7 Å². The van der Waals surface area contributed by atoms with Crippen LogP contribution in [-0.4, -0.2) is 32.4 Å². The monoisotopic (exact) mass is 348 g/mol. The highest BCUT2D eigenvalue weighted by atomic mass is 32.2. The molecule has 0 unspecified atom stereocenters. The highest BCUT2D eigenvalue weighted by Crippen LogP contribution is 2.33. The van der Waals surface area contributed by atoms with Crippen LogP contribution in [0.25, 0.3) is 6.08 Å². The van der Waals surface area contributed by atoms with Crippen LogP contribution in [0.2, 0.25) is 0 Å². The Labute approximate surface area is 136 Å². The smallest absolute Gasteiger partial charge is 0.340 e. The molecule has 1 aromatic heterocycles. The molecule has 3 nitrogen and oxygen atoms in total. The SMILES string of the molecule is CCN1C(=O)/C(=C/c2cc(C)n(CC(F)(F)F)c2C)SC1=S. The number of carbonyl (C=O) groups excluding carboxylic acids is 1. The molecular formula is C14H15F3N2OS2. The number of carbonyl (C=O) groups is 1. The number of alkyl halides is 3. The lowest BCUT2D eigenvalue weighted by Crippen LogP contribution is -2.27. The van der Waals surface area contributed by atoms with Crippen LogP contribution < -0.4 is 0 Å². The van der Waals surface area contributed by atoms with E-state index in [1.54, 1.807) is 26.0 Å². The molecule has 120 valence electrons. The fourth-order valence-electron chi connectivity index (χ4n) is 2.31. The largest absolute Gasteiger partial charge is 0.406 e. The highest BCUT2D eigenvalue weighted by molar-refractivity contribution is 8.26. The first-order valence-electron chi connectivity index (χ1n) is 6.63. The molecule has 8 heteroatoms. The Kier molecular flexibility index (Phi) is 4.72. The molecule has 22 heavy (non-hydrogen) atoms. The number of aromatic nitrogens is 1. The van der Waals surface area contributed by atoms with Gasteiger partial charge in [-0.05, 0) is 38.5 Å². The summed E-state index contributed by atoms with van der Waals surface area (Å²) in [5.41, 5.74) is 1.60. The number of likely N-dealkylation sites (N-methyl/N-ethyl adjacent to an activating group) is 1. The number of nitrogens with zero attached hydrogens (tertiary/aromatic N) is 2. The second-order valence-corrected chi connectivity index (χ2v) is 6.63. The average Bonchev–Trinajstić information content (AvgIpc) is 2.80. The summed E-state index contributed by atoms with van der Waals surface area (Å²) in [6.45, 7) is 4.50. The zero-order valence-corrected chi connectivity index (χ0v) is 14.0. The van der Waals surface area contributed by atoms with Crippen LogP contribution in [0.4, 0.5) is 13.2 Å². The van der Waals surface area contributed by atoms with Crippen molar-refractivity contribution in [2.75, 3.05) is 6.54 Å². The van der Waals surface area contributed by atoms with Gasteiger partial charge < -0.3 is 4.57 Å². The number of halogens is 3. The van der Waals surface area contributed by atoms with E-state index in [-0.39, 0.29) is 5.91 Å². The van der Waals surface area contributed by atoms with Crippen LogP contribution in [0.3, 0.4) is 0 Å². The summed E-state index contributed by atoms with van der Waals surface area (Å²) in [7, 11) is 0. The molecule has 2 rings (SSSR count). The van der Waals surface area contributed by atoms with Crippen molar-refractivity contribution < 1.29 is 18.0 Å². The highest BCUT2D eigenvalue weighted by Gasteiger charge is 2.32. The third-order valence-electron chi connectivity index (χ3n) is 3.43. The van der Waals surface area contributed by atoms with E-state index in [1.165, 1.54) is 21.2 Å². The van der Waals surface area contributed by atoms with Crippen molar-refractivity contribution in [1.82, 2.24) is 9.47 Å². The van der Waals surface area contributed by atoms with Crippen LogP contribution in [0.5, 0.6) is 0 Å². The fourth-order valence-corrected chi connectivity index (χ4v) is 3.69. The van der Waals surface area contributed by atoms with Gasteiger partial charge in [-0.15, -0.1) is 0 Å². The fraction of sp³-hybridized carbons (Fsp3) is 0.429. The summed E-state index contributed by atoms with van der Waals surface area (Å²) in [5.74, 6) is -0.196. The Morgan fingerprint density at radius 2 is 2.00 bits per heavy atom. The van der Waals surface area contributed by atoms with Crippen LogP contribution in [0.15, 0.2) is 11.0 Å². The first-order chi connectivity index (χ1) is 10.1. The molecule has 0 atom stereocenters. The minimum absolute atomic E-state index is 0.196. The van der Waals surface area contributed by atoms with E-state index in [9.17, 15) is 18.0 Å². The van der Waals surface area contributed by atoms with Gasteiger partial charge in [0, 0.05) is 17.9 Å². The minimum atomic E-state index is -4.28. The predicted molar refractivity (Wildman–Crippen MR) is 85.5 cm³/mol. The van der Waals surface area contributed by atoms with E-state index in [0.717, 1.165) is 0 Å². The number of hydrogen-bond acceptors (Lipinski definition) is 3. The van der Waals surface area contributed by atoms with Crippen LogP contribution in [0.1, 0.15) is 23.9 Å². The van der Waals surface area contributed by atoms with E-state index in [2.05, 4.69) is 0 Å². The predicted octanol–water partition coefficient (Wildman–Crippen LogP) is 3.89. The average molecular weight is 348 g/mol. The summed E-state index contributed by atoms with van der Waals surface area (Å²) in [4.78, 5) is 14.1. The summed E-state index contributed by atoms with van der Waals surface area (Å²) >= 11 is 6.29. The van der Waals surface area contributed by atoms with Crippen molar-refractivity contribution >= 4 is 40.3 Å². The molecule has 1 aromatic rings. The molecule has 0 N–H and O–H groups in total. The maximum Gasteiger partial charge on any atom is 0.406 e. The van der Waals surface area contributed by atoms with Crippen molar-refractivity contribution in [2.45, 2.75) is 33.5 Å². The molecule has 0 aromatic carbocycles. The molecule has 0 radical (unpaired) electrons. The quantitative estimate of drug-likeness (QED) is 0.612. The molecule has 1 saturated heterocycles. The van der Waals surface area contributed by atoms with E-state index in [4.69, 9.17) is 12.2 Å². The second kappa shape index (κ2) is 6.08. The number of aryl methyl sites for hydroxylation is 1. The van der Waals surface area contributed by atoms with Crippen molar-refractivity contribution in [3.8, 4) is 0 Å². The normalized spacial score (nSPS) is 17.9. The lowest BCUT2D eigenvalue weighted by atomic mass is 10.2. The lowest BCUT2D eigenvalue weighted by molar-refractivity contribution is -0.141. The number of thioether (sulfide) groups is 1. The molecule has 0 aliphatic carbocycles. The van der Waals surface area contributed by atoms with Crippen molar-refractivity contribution in [2.24, 2.45) is 0 Å². The zero-order valence-electron chi connectivity index (χ0n) is 12.3. The Balaban J connectivity index is 2.36. The molecule has 2 heterocycles. The second-order valence-electron chi connectivity index (χ2n) is 4.95. The summed E-state index contributed by atoms with van der Waals surface area (Å²) in [6.07, 6.45) is -2.67. The van der Waals surface area contributed by atoms with Crippen LogP contribution >= 0.6 is 24.0 Å². The Hall–Kier alpha value is -1.28. The van der Waals surface area contributed by atoms with Crippen molar-refractivity contribution in [3.63, 3.8) is 0 Å². The number of rotatable bonds is 3. The van der Waals surface area contributed by atoms with Crippen LogP contribution in [0, 0.1) is 13.8 Å².